The Morgan fingerprint density at radius 1 is 1.00 bits per heavy atom. The van der Waals surface area contributed by atoms with E-state index in [2.05, 4.69) is 44.5 Å². The number of anilines is 1. The molecule has 1 amide bonds. The largest absolute Gasteiger partial charge is 0.352 e. The number of benzene rings is 1. The SMILES string of the molecule is Cc1ccc(C(=O)N2CCN(c3ncnc4scc(-c5ccccc5)c34)CC2)s1. The molecule has 4 heterocycles. The number of rotatable bonds is 3. The molecule has 0 spiro atoms. The number of aryl methyl sites for hydroxylation is 1. The summed E-state index contributed by atoms with van der Waals surface area (Å²) in [7, 11) is 0. The van der Waals surface area contributed by atoms with Gasteiger partial charge in [-0.2, -0.15) is 0 Å². The average Bonchev–Trinajstić information content (AvgIpc) is 3.40. The molecule has 3 aromatic heterocycles. The summed E-state index contributed by atoms with van der Waals surface area (Å²) in [6, 6.07) is 14.3. The minimum absolute atomic E-state index is 0.135. The molecular formula is C22H20N4OS2. The van der Waals surface area contributed by atoms with Crippen LogP contribution >= 0.6 is 22.7 Å². The van der Waals surface area contributed by atoms with Gasteiger partial charge in [-0.05, 0) is 24.6 Å². The quantitative estimate of drug-likeness (QED) is 0.482. The van der Waals surface area contributed by atoms with E-state index in [1.807, 2.05) is 30.0 Å². The summed E-state index contributed by atoms with van der Waals surface area (Å²) in [5.74, 6) is 1.10. The molecule has 0 bridgehead atoms. The number of piperazine rings is 1. The van der Waals surface area contributed by atoms with Crippen LogP contribution in [0.4, 0.5) is 5.82 Å². The minimum atomic E-state index is 0.135. The summed E-state index contributed by atoms with van der Waals surface area (Å²) >= 11 is 3.22. The third kappa shape index (κ3) is 3.41. The van der Waals surface area contributed by atoms with Gasteiger partial charge in [0.15, 0.2) is 0 Å². The average molecular weight is 421 g/mol. The molecule has 0 aliphatic carbocycles. The third-order valence-corrected chi connectivity index (χ3v) is 7.13. The van der Waals surface area contributed by atoms with Crippen LogP contribution in [-0.4, -0.2) is 47.0 Å². The number of carbonyl (C=O) groups is 1. The lowest BCUT2D eigenvalue weighted by atomic mass is 10.1. The van der Waals surface area contributed by atoms with E-state index in [1.54, 1.807) is 29.0 Å². The van der Waals surface area contributed by atoms with Crippen molar-refractivity contribution in [3.8, 4) is 11.1 Å². The molecule has 7 heteroatoms. The van der Waals surface area contributed by atoms with Crippen LogP contribution in [0.3, 0.4) is 0 Å². The summed E-state index contributed by atoms with van der Waals surface area (Å²) in [5, 5.41) is 3.27. The minimum Gasteiger partial charge on any atom is -0.352 e. The fourth-order valence-electron chi connectivity index (χ4n) is 3.76. The van der Waals surface area contributed by atoms with Gasteiger partial charge in [0.05, 0.1) is 10.3 Å². The summed E-state index contributed by atoms with van der Waals surface area (Å²) < 4.78 is 0. The smallest absolute Gasteiger partial charge is 0.264 e. The lowest BCUT2D eigenvalue weighted by molar-refractivity contribution is 0.0751. The topological polar surface area (TPSA) is 49.3 Å². The van der Waals surface area contributed by atoms with Gasteiger partial charge in [0.2, 0.25) is 0 Å². The lowest BCUT2D eigenvalue weighted by Gasteiger charge is -2.35. The maximum Gasteiger partial charge on any atom is 0.264 e. The predicted molar refractivity (Wildman–Crippen MR) is 120 cm³/mol. The molecule has 5 nitrogen and oxygen atoms in total. The highest BCUT2D eigenvalue weighted by atomic mass is 32.1. The number of aromatic nitrogens is 2. The molecular weight excluding hydrogens is 400 g/mol. The Morgan fingerprint density at radius 2 is 1.79 bits per heavy atom. The maximum absolute atomic E-state index is 12.8. The van der Waals surface area contributed by atoms with Crippen LogP contribution in [0.25, 0.3) is 21.3 Å². The van der Waals surface area contributed by atoms with E-state index < -0.39 is 0 Å². The summed E-state index contributed by atoms with van der Waals surface area (Å²) in [5.41, 5.74) is 2.35. The van der Waals surface area contributed by atoms with Gasteiger partial charge in [-0.3, -0.25) is 4.79 Å². The molecule has 0 saturated carbocycles. The molecule has 0 unspecified atom stereocenters. The zero-order chi connectivity index (χ0) is 19.8. The van der Waals surface area contributed by atoms with Gasteiger partial charge >= 0.3 is 0 Å². The molecule has 4 aromatic rings. The van der Waals surface area contributed by atoms with Crippen molar-refractivity contribution in [2.75, 3.05) is 31.1 Å². The Hall–Kier alpha value is -2.77. The van der Waals surface area contributed by atoms with Crippen LogP contribution in [0.15, 0.2) is 54.2 Å². The van der Waals surface area contributed by atoms with Crippen molar-refractivity contribution in [1.82, 2.24) is 14.9 Å². The fourth-order valence-corrected chi connectivity index (χ4v) is 5.50. The number of thiophene rings is 2. The van der Waals surface area contributed by atoms with Crippen molar-refractivity contribution < 1.29 is 4.79 Å². The van der Waals surface area contributed by atoms with Gasteiger partial charge in [0.25, 0.3) is 5.91 Å². The molecule has 0 N–H and O–H groups in total. The second kappa shape index (κ2) is 7.57. The van der Waals surface area contributed by atoms with Gasteiger partial charge in [-0.1, -0.05) is 30.3 Å². The summed E-state index contributed by atoms with van der Waals surface area (Å²) in [4.78, 5) is 29.1. The fraction of sp³-hybridized carbons (Fsp3) is 0.227. The molecule has 0 atom stereocenters. The van der Waals surface area contributed by atoms with Crippen LogP contribution in [-0.2, 0) is 0 Å². The standard InChI is InChI=1S/C22H20N4OS2/c1-15-7-8-18(29-15)22(27)26-11-9-25(10-12-26)20-19-17(16-5-3-2-4-6-16)13-28-21(19)24-14-23-20/h2-8,13-14H,9-12H2,1H3. The first-order chi connectivity index (χ1) is 14.2. The second-order valence-electron chi connectivity index (χ2n) is 7.08. The molecule has 0 radical (unpaired) electrons. The molecule has 1 fully saturated rings. The number of hydrogen-bond acceptors (Lipinski definition) is 6. The van der Waals surface area contributed by atoms with E-state index >= 15 is 0 Å². The van der Waals surface area contributed by atoms with E-state index in [-0.39, 0.29) is 5.91 Å². The molecule has 1 saturated heterocycles. The molecule has 5 rings (SSSR count). The lowest BCUT2D eigenvalue weighted by Crippen LogP contribution is -2.49. The van der Waals surface area contributed by atoms with Gasteiger partial charge in [0.1, 0.15) is 17.0 Å². The maximum atomic E-state index is 12.8. The van der Waals surface area contributed by atoms with Crippen LogP contribution in [0.2, 0.25) is 0 Å². The van der Waals surface area contributed by atoms with Crippen molar-refractivity contribution in [2.45, 2.75) is 6.92 Å². The summed E-state index contributed by atoms with van der Waals surface area (Å²) in [6.45, 7) is 4.97. The monoisotopic (exact) mass is 420 g/mol. The van der Waals surface area contributed by atoms with Crippen molar-refractivity contribution in [1.29, 1.82) is 0 Å². The molecule has 1 aliphatic heterocycles. The highest BCUT2D eigenvalue weighted by Crippen LogP contribution is 2.38. The first-order valence-electron chi connectivity index (χ1n) is 9.59. The van der Waals surface area contributed by atoms with Gasteiger partial charge in [-0.15, -0.1) is 22.7 Å². The summed E-state index contributed by atoms with van der Waals surface area (Å²) in [6.07, 6.45) is 1.65. The Morgan fingerprint density at radius 3 is 2.52 bits per heavy atom. The number of nitrogens with zero attached hydrogens (tertiary/aromatic N) is 4. The molecule has 1 aromatic carbocycles. The zero-order valence-corrected chi connectivity index (χ0v) is 17.7. The number of fused-ring (bicyclic) bond motifs is 1. The molecule has 1 aliphatic rings. The van der Waals surface area contributed by atoms with E-state index in [4.69, 9.17) is 0 Å². The van der Waals surface area contributed by atoms with Crippen LogP contribution in [0, 0.1) is 6.92 Å². The zero-order valence-electron chi connectivity index (χ0n) is 16.0. The van der Waals surface area contributed by atoms with Crippen molar-refractivity contribution >= 4 is 44.6 Å². The van der Waals surface area contributed by atoms with Crippen molar-refractivity contribution in [2.24, 2.45) is 0 Å². The second-order valence-corrected chi connectivity index (χ2v) is 9.23. The van der Waals surface area contributed by atoms with Crippen LogP contribution in [0.5, 0.6) is 0 Å². The van der Waals surface area contributed by atoms with Crippen molar-refractivity contribution in [3.05, 3.63) is 63.9 Å². The highest BCUT2D eigenvalue weighted by Gasteiger charge is 2.26. The van der Waals surface area contributed by atoms with E-state index in [9.17, 15) is 4.79 Å². The highest BCUT2D eigenvalue weighted by molar-refractivity contribution is 7.17. The first kappa shape index (κ1) is 18.3. The number of hydrogen-bond donors (Lipinski definition) is 0. The van der Waals surface area contributed by atoms with E-state index in [1.165, 1.54) is 16.0 Å². The molecule has 146 valence electrons. The number of carbonyl (C=O) groups excluding carboxylic acids is 1. The van der Waals surface area contributed by atoms with Gasteiger partial charge in [-0.25, -0.2) is 9.97 Å². The van der Waals surface area contributed by atoms with Crippen molar-refractivity contribution in [3.63, 3.8) is 0 Å². The Balaban J connectivity index is 1.41. The van der Waals surface area contributed by atoms with Crippen LogP contribution in [0.1, 0.15) is 14.5 Å². The normalized spacial score (nSPS) is 14.5. The van der Waals surface area contributed by atoms with Gasteiger partial charge < -0.3 is 9.80 Å². The Labute approximate surface area is 177 Å². The van der Waals surface area contributed by atoms with Gasteiger partial charge in [0, 0.05) is 42.0 Å². The predicted octanol–water partition coefficient (Wildman–Crippen LogP) is 4.69. The number of amides is 1. The van der Waals surface area contributed by atoms with E-state index in [0.29, 0.717) is 13.1 Å². The molecule has 29 heavy (non-hydrogen) atoms. The Bertz CT molecular complexity index is 1160. The third-order valence-electron chi connectivity index (χ3n) is 5.25. The first-order valence-corrected chi connectivity index (χ1v) is 11.3. The van der Waals surface area contributed by atoms with Crippen LogP contribution < -0.4 is 4.90 Å². The Kier molecular flexibility index (Phi) is 4.77. The van der Waals surface area contributed by atoms with E-state index in [0.717, 1.165) is 34.0 Å².